The lowest BCUT2D eigenvalue weighted by Crippen LogP contribution is -1.94. The molecule has 1 heterocycles. The summed E-state index contributed by atoms with van der Waals surface area (Å²) in [5.74, 6) is 0. The molecule has 0 amide bonds. The molecule has 0 spiro atoms. The maximum Gasteiger partial charge on any atom is 0.0471 e. The molecule has 1 nitrogen and oxygen atoms in total. The highest BCUT2D eigenvalue weighted by Gasteiger charge is 2.02. The minimum atomic E-state index is 0.847. The summed E-state index contributed by atoms with van der Waals surface area (Å²) >= 11 is 5.97. The predicted octanol–water partition coefficient (Wildman–Crippen LogP) is 2.86. The Kier molecular flexibility index (Phi) is 2.89. The third kappa shape index (κ3) is 1.72. The van der Waals surface area contributed by atoms with E-state index in [0.29, 0.717) is 0 Å². The fraction of sp³-hybridized carbons (Fsp3) is 0.444. The van der Waals surface area contributed by atoms with E-state index >= 15 is 0 Å². The van der Waals surface area contributed by atoms with Crippen LogP contribution in [0.25, 0.3) is 0 Å². The van der Waals surface area contributed by atoms with E-state index in [2.05, 4.69) is 18.8 Å². The standard InChI is InChI=1S/C9H12ClN/c1-3-7-8(10)5-6-11-9(7)4-2/h5-6H,3-4H2,1-2H3. The summed E-state index contributed by atoms with van der Waals surface area (Å²) in [6.07, 6.45) is 3.69. The van der Waals surface area contributed by atoms with Crippen LogP contribution >= 0.6 is 11.6 Å². The first-order valence-electron chi connectivity index (χ1n) is 3.91. The molecule has 2 heteroatoms. The lowest BCUT2D eigenvalue weighted by atomic mass is 10.1. The van der Waals surface area contributed by atoms with Crippen LogP contribution < -0.4 is 0 Å². The number of hydrogen-bond donors (Lipinski definition) is 0. The Labute approximate surface area is 72.4 Å². The zero-order valence-electron chi connectivity index (χ0n) is 6.89. The molecule has 0 atom stereocenters. The number of hydrogen-bond acceptors (Lipinski definition) is 1. The highest BCUT2D eigenvalue weighted by Crippen LogP contribution is 2.18. The quantitative estimate of drug-likeness (QED) is 0.664. The molecule has 0 bridgehead atoms. The lowest BCUT2D eigenvalue weighted by Gasteiger charge is -2.04. The zero-order valence-corrected chi connectivity index (χ0v) is 7.65. The van der Waals surface area contributed by atoms with Gasteiger partial charge in [0.15, 0.2) is 0 Å². The van der Waals surface area contributed by atoms with Crippen molar-refractivity contribution in [3.63, 3.8) is 0 Å². The Bertz CT molecular complexity index is 245. The van der Waals surface area contributed by atoms with Gasteiger partial charge in [0.2, 0.25) is 0 Å². The van der Waals surface area contributed by atoms with Crippen LogP contribution in [-0.2, 0) is 12.8 Å². The van der Waals surface area contributed by atoms with E-state index in [1.807, 2.05) is 6.07 Å². The van der Waals surface area contributed by atoms with Crippen molar-refractivity contribution < 1.29 is 0 Å². The third-order valence-electron chi connectivity index (χ3n) is 1.78. The van der Waals surface area contributed by atoms with E-state index in [4.69, 9.17) is 11.6 Å². The topological polar surface area (TPSA) is 12.9 Å². The van der Waals surface area contributed by atoms with E-state index in [1.165, 1.54) is 5.56 Å². The van der Waals surface area contributed by atoms with E-state index in [9.17, 15) is 0 Å². The van der Waals surface area contributed by atoms with E-state index in [0.717, 1.165) is 23.6 Å². The van der Waals surface area contributed by atoms with Gasteiger partial charge in [-0.15, -0.1) is 0 Å². The molecule has 1 rings (SSSR count). The molecule has 0 aromatic carbocycles. The highest BCUT2D eigenvalue weighted by atomic mass is 35.5. The van der Waals surface area contributed by atoms with Crippen molar-refractivity contribution in [3.05, 3.63) is 28.5 Å². The summed E-state index contributed by atoms with van der Waals surface area (Å²) in [7, 11) is 0. The molecule has 0 unspecified atom stereocenters. The number of rotatable bonds is 2. The van der Waals surface area contributed by atoms with E-state index in [1.54, 1.807) is 6.20 Å². The van der Waals surface area contributed by atoms with Gasteiger partial charge in [-0.25, -0.2) is 0 Å². The molecule has 0 aliphatic rings. The fourth-order valence-corrected chi connectivity index (χ4v) is 1.49. The van der Waals surface area contributed by atoms with Crippen LogP contribution in [0.3, 0.4) is 0 Å². The van der Waals surface area contributed by atoms with Crippen LogP contribution in [-0.4, -0.2) is 4.98 Å². The van der Waals surface area contributed by atoms with Crippen molar-refractivity contribution in [1.29, 1.82) is 0 Å². The van der Waals surface area contributed by atoms with E-state index in [-0.39, 0.29) is 0 Å². The van der Waals surface area contributed by atoms with Gasteiger partial charge in [-0.05, 0) is 24.5 Å². The Balaban J connectivity index is 3.13. The number of nitrogens with zero attached hydrogens (tertiary/aromatic N) is 1. The average Bonchev–Trinajstić information content (AvgIpc) is 2.04. The minimum absolute atomic E-state index is 0.847. The van der Waals surface area contributed by atoms with Gasteiger partial charge in [-0.3, -0.25) is 4.98 Å². The molecule has 0 aliphatic carbocycles. The number of aryl methyl sites for hydroxylation is 1. The summed E-state index contributed by atoms with van der Waals surface area (Å²) in [4.78, 5) is 4.24. The van der Waals surface area contributed by atoms with Crippen molar-refractivity contribution in [1.82, 2.24) is 4.98 Å². The molecule has 11 heavy (non-hydrogen) atoms. The van der Waals surface area contributed by atoms with Crippen molar-refractivity contribution in [2.75, 3.05) is 0 Å². The maximum atomic E-state index is 5.97. The molecule has 1 aromatic rings. The second-order valence-electron chi connectivity index (χ2n) is 2.43. The molecule has 0 N–H and O–H groups in total. The van der Waals surface area contributed by atoms with Crippen molar-refractivity contribution in [3.8, 4) is 0 Å². The first-order valence-corrected chi connectivity index (χ1v) is 4.29. The summed E-state index contributed by atoms with van der Waals surface area (Å²) < 4.78 is 0. The van der Waals surface area contributed by atoms with Crippen LogP contribution in [0, 0.1) is 0 Å². The Morgan fingerprint density at radius 1 is 1.36 bits per heavy atom. The van der Waals surface area contributed by atoms with Crippen LogP contribution in [0.2, 0.25) is 5.02 Å². The van der Waals surface area contributed by atoms with Gasteiger partial charge in [0.25, 0.3) is 0 Å². The van der Waals surface area contributed by atoms with Gasteiger partial charge in [0.05, 0.1) is 0 Å². The van der Waals surface area contributed by atoms with Crippen molar-refractivity contribution in [2.24, 2.45) is 0 Å². The van der Waals surface area contributed by atoms with Crippen molar-refractivity contribution >= 4 is 11.6 Å². The molecule has 0 saturated carbocycles. The first-order chi connectivity index (χ1) is 5.29. The second kappa shape index (κ2) is 3.72. The van der Waals surface area contributed by atoms with Gasteiger partial charge in [-0.2, -0.15) is 0 Å². The summed E-state index contributed by atoms with van der Waals surface area (Å²) in [6.45, 7) is 4.19. The lowest BCUT2D eigenvalue weighted by molar-refractivity contribution is 0.964. The molecule has 0 fully saturated rings. The van der Waals surface area contributed by atoms with Crippen LogP contribution in [0.5, 0.6) is 0 Å². The van der Waals surface area contributed by atoms with Gasteiger partial charge in [0.1, 0.15) is 0 Å². The minimum Gasteiger partial charge on any atom is -0.261 e. The molecule has 60 valence electrons. The number of pyridine rings is 1. The molecular formula is C9H12ClN. The zero-order chi connectivity index (χ0) is 8.27. The molecule has 1 aromatic heterocycles. The summed E-state index contributed by atoms with van der Waals surface area (Å²) in [5.41, 5.74) is 2.32. The van der Waals surface area contributed by atoms with Crippen LogP contribution in [0.15, 0.2) is 12.3 Å². The monoisotopic (exact) mass is 169 g/mol. The number of aromatic nitrogens is 1. The Hall–Kier alpha value is -0.560. The first kappa shape index (κ1) is 8.54. The molecule has 0 saturated heterocycles. The fourth-order valence-electron chi connectivity index (χ4n) is 1.19. The predicted molar refractivity (Wildman–Crippen MR) is 48.0 cm³/mol. The smallest absolute Gasteiger partial charge is 0.0471 e. The van der Waals surface area contributed by atoms with Gasteiger partial charge >= 0.3 is 0 Å². The maximum absolute atomic E-state index is 5.97. The number of halogens is 1. The SMILES string of the molecule is CCc1nccc(Cl)c1CC. The largest absolute Gasteiger partial charge is 0.261 e. The molecule has 0 aliphatic heterocycles. The highest BCUT2D eigenvalue weighted by molar-refractivity contribution is 6.31. The summed E-state index contributed by atoms with van der Waals surface area (Å²) in [5, 5.41) is 0.847. The Morgan fingerprint density at radius 2 is 2.09 bits per heavy atom. The summed E-state index contributed by atoms with van der Waals surface area (Å²) in [6, 6.07) is 1.85. The van der Waals surface area contributed by atoms with Gasteiger partial charge in [-0.1, -0.05) is 25.4 Å². The van der Waals surface area contributed by atoms with Gasteiger partial charge < -0.3 is 0 Å². The van der Waals surface area contributed by atoms with Crippen LogP contribution in [0.4, 0.5) is 0 Å². The second-order valence-corrected chi connectivity index (χ2v) is 2.83. The Morgan fingerprint density at radius 3 is 2.55 bits per heavy atom. The molecule has 0 radical (unpaired) electrons. The normalized spacial score (nSPS) is 10.1. The molecular weight excluding hydrogens is 158 g/mol. The third-order valence-corrected chi connectivity index (χ3v) is 2.13. The van der Waals surface area contributed by atoms with Crippen LogP contribution in [0.1, 0.15) is 25.1 Å². The average molecular weight is 170 g/mol. The van der Waals surface area contributed by atoms with Crippen molar-refractivity contribution in [2.45, 2.75) is 26.7 Å². The van der Waals surface area contributed by atoms with E-state index < -0.39 is 0 Å². The van der Waals surface area contributed by atoms with Gasteiger partial charge in [0, 0.05) is 16.9 Å².